The van der Waals surface area contributed by atoms with Crippen LogP contribution in [0.3, 0.4) is 0 Å². The van der Waals surface area contributed by atoms with E-state index in [9.17, 15) is 0 Å². The molecule has 122 valence electrons. The topological polar surface area (TPSA) is 45.2 Å². The van der Waals surface area contributed by atoms with E-state index < -0.39 is 0 Å². The Bertz CT molecular complexity index is 843. The molecule has 0 saturated carbocycles. The van der Waals surface area contributed by atoms with Crippen LogP contribution in [0.5, 0.6) is 0 Å². The van der Waals surface area contributed by atoms with Gasteiger partial charge in [0.1, 0.15) is 17.5 Å². The molecule has 1 aliphatic heterocycles. The summed E-state index contributed by atoms with van der Waals surface area (Å²) in [6.45, 7) is 7.76. The van der Waals surface area contributed by atoms with Crippen LogP contribution in [0, 0.1) is 13.8 Å². The molecule has 5 nitrogen and oxygen atoms in total. The van der Waals surface area contributed by atoms with Gasteiger partial charge in [0.15, 0.2) is 0 Å². The molecule has 1 aromatic carbocycles. The molecule has 3 aromatic rings. The summed E-state index contributed by atoms with van der Waals surface area (Å²) < 4.78 is 0. The van der Waals surface area contributed by atoms with Crippen LogP contribution in [0.25, 0.3) is 10.8 Å². The molecular formula is C19H21N5. The van der Waals surface area contributed by atoms with E-state index in [-0.39, 0.29) is 0 Å². The SMILES string of the molecule is Cc1cc(N2CCN(c3nccc4ccccc34)CC2)nc(C)n1. The van der Waals surface area contributed by atoms with E-state index in [2.05, 4.69) is 61.1 Å². The molecule has 2 aromatic heterocycles. The Hall–Kier alpha value is -2.69. The van der Waals surface area contributed by atoms with Gasteiger partial charge in [-0.05, 0) is 25.3 Å². The average Bonchev–Trinajstić information content (AvgIpc) is 2.60. The lowest BCUT2D eigenvalue weighted by molar-refractivity contribution is 0.641. The summed E-state index contributed by atoms with van der Waals surface area (Å²) in [5.41, 5.74) is 1.02. The van der Waals surface area contributed by atoms with Crippen molar-refractivity contribution in [3.63, 3.8) is 0 Å². The summed E-state index contributed by atoms with van der Waals surface area (Å²) in [4.78, 5) is 18.3. The zero-order valence-corrected chi connectivity index (χ0v) is 14.1. The van der Waals surface area contributed by atoms with E-state index in [4.69, 9.17) is 0 Å². The molecule has 5 heteroatoms. The van der Waals surface area contributed by atoms with Crippen LogP contribution in [0.1, 0.15) is 11.5 Å². The highest BCUT2D eigenvalue weighted by Gasteiger charge is 2.20. The summed E-state index contributed by atoms with van der Waals surface area (Å²) in [7, 11) is 0. The van der Waals surface area contributed by atoms with Gasteiger partial charge in [-0.2, -0.15) is 0 Å². The summed E-state index contributed by atoms with van der Waals surface area (Å²) in [5, 5.41) is 2.47. The second kappa shape index (κ2) is 6.07. The number of fused-ring (bicyclic) bond motifs is 1. The number of hydrogen-bond acceptors (Lipinski definition) is 5. The maximum absolute atomic E-state index is 4.64. The molecule has 0 amide bonds. The molecule has 0 atom stereocenters. The van der Waals surface area contributed by atoms with Crippen LogP contribution in [0.4, 0.5) is 11.6 Å². The predicted molar refractivity (Wildman–Crippen MR) is 97.7 cm³/mol. The minimum Gasteiger partial charge on any atom is -0.353 e. The Morgan fingerprint density at radius 3 is 2.42 bits per heavy atom. The minimum atomic E-state index is 0.836. The van der Waals surface area contributed by atoms with E-state index in [1.807, 2.05) is 20.0 Å². The molecular weight excluding hydrogens is 298 g/mol. The first-order valence-electron chi connectivity index (χ1n) is 8.37. The number of piperazine rings is 1. The summed E-state index contributed by atoms with van der Waals surface area (Å²) in [5.74, 6) is 2.96. The molecule has 0 radical (unpaired) electrons. The second-order valence-electron chi connectivity index (χ2n) is 6.24. The number of aryl methyl sites for hydroxylation is 2. The summed E-state index contributed by atoms with van der Waals surface area (Å²) in [6.07, 6.45) is 1.90. The van der Waals surface area contributed by atoms with Crippen LogP contribution in [-0.4, -0.2) is 41.1 Å². The summed E-state index contributed by atoms with van der Waals surface area (Å²) in [6, 6.07) is 12.6. The quantitative estimate of drug-likeness (QED) is 0.726. The van der Waals surface area contributed by atoms with Crippen LogP contribution < -0.4 is 9.80 Å². The molecule has 0 unspecified atom stereocenters. The number of hydrogen-bond donors (Lipinski definition) is 0. The Morgan fingerprint density at radius 2 is 1.62 bits per heavy atom. The van der Waals surface area contributed by atoms with Crippen molar-refractivity contribution in [3.8, 4) is 0 Å². The van der Waals surface area contributed by atoms with Crippen molar-refractivity contribution in [2.75, 3.05) is 36.0 Å². The standard InChI is InChI=1S/C19H21N5/c1-14-13-18(22-15(2)21-14)23-9-11-24(12-10-23)19-17-6-4-3-5-16(17)7-8-20-19/h3-8,13H,9-12H2,1-2H3. The molecule has 1 fully saturated rings. The van der Waals surface area contributed by atoms with Gasteiger partial charge in [0.25, 0.3) is 0 Å². The third-order valence-electron chi connectivity index (χ3n) is 4.51. The fraction of sp³-hybridized carbons (Fsp3) is 0.316. The molecule has 1 saturated heterocycles. The van der Waals surface area contributed by atoms with Crippen molar-refractivity contribution < 1.29 is 0 Å². The third-order valence-corrected chi connectivity index (χ3v) is 4.51. The van der Waals surface area contributed by atoms with Crippen molar-refractivity contribution in [1.82, 2.24) is 15.0 Å². The molecule has 0 bridgehead atoms. The van der Waals surface area contributed by atoms with Crippen molar-refractivity contribution >= 4 is 22.4 Å². The maximum atomic E-state index is 4.64. The van der Waals surface area contributed by atoms with Gasteiger partial charge in [-0.15, -0.1) is 0 Å². The van der Waals surface area contributed by atoms with Crippen LogP contribution in [0.2, 0.25) is 0 Å². The van der Waals surface area contributed by atoms with Crippen LogP contribution >= 0.6 is 0 Å². The number of benzene rings is 1. The Labute approximate surface area is 142 Å². The van der Waals surface area contributed by atoms with Gasteiger partial charge in [-0.1, -0.05) is 24.3 Å². The lowest BCUT2D eigenvalue weighted by atomic mass is 10.1. The van der Waals surface area contributed by atoms with Gasteiger partial charge >= 0.3 is 0 Å². The molecule has 24 heavy (non-hydrogen) atoms. The predicted octanol–water partition coefficient (Wildman–Crippen LogP) is 2.97. The lowest BCUT2D eigenvalue weighted by Gasteiger charge is -2.36. The zero-order chi connectivity index (χ0) is 16.5. The van der Waals surface area contributed by atoms with Crippen LogP contribution in [0.15, 0.2) is 42.6 Å². The van der Waals surface area contributed by atoms with Gasteiger partial charge < -0.3 is 9.80 Å². The van der Waals surface area contributed by atoms with Gasteiger partial charge in [0, 0.05) is 49.5 Å². The molecule has 4 rings (SSSR count). The van der Waals surface area contributed by atoms with E-state index >= 15 is 0 Å². The summed E-state index contributed by atoms with van der Waals surface area (Å²) >= 11 is 0. The molecule has 3 heterocycles. The second-order valence-corrected chi connectivity index (χ2v) is 6.24. The van der Waals surface area contributed by atoms with Crippen molar-refractivity contribution in [3.05, 3.63) is 54.1 Å². The Kier molecular flexibility index (Phi) is 3.76. The average molecular weight is 319 g/mol. The number of anilines is 2. The highest BCUT2D eigenvalue weighted by molar-refractivity contribution is 5.92. The fourth-order valence-corrected chi connectivity index (χ4v) is 3.36. The third kappa shape index (κ3) is 2.77. The number of pyridine rings is 1. The van der Waals surface area contributed by atoms with Gasteiger partial charge in [-0.25, -0.2) is 15.0 Å². The van der Waals surface area contributed by atoms with Crippen molar-refractivity contribution in [2.24, 2.45) is 0 Å². The monoisotopic (exact) mass is 319 g/mol. The van der Waals surface area contributed by atoms with Crippen molar-refractivity contribution in [1.29, 1.82) is 0 Å². The van der Waals surface area contributed by atoms with E-state index in [0.29, 0.717) is 0 Å². The fourth-order valence-electron chi connectivity index (χ4n) is 3.36. The normalized spacial score (nSPS) is 15.1. The molecule has 0 spiro atoms. The van der Waals surface area contributed by atoms with Crippen LogP contribution in [-0.2, 0) is 0 Å². The molecule has 0 N–H and O–H groups in total. The highest BCUT2D eigenvalue weighted by atomic mass is 15.3. The first kappa shape index (κ1) is 14.9. The first-order valence-corrected chi connectivity index (χ1v) is 8.37. The zero-order valence-electron chi connectivity index (χ0n) is 14.1. The lowest BCUT2D eigenvalue weighted by Crippen LogP contribution is -2.47. The van der Waals surface area contributed by atoms with Gasteiger partial charge in [-0.3, -0.25) is 0 Å². The largest absolute Gasteiger partial charge is 0.353 e. The number of aromatic nitrogens is 3. The molecule has 1 aliphatic rings. The molecule has 0 aliphatic carbocycles. The van der Waals surface area contributed by atoms with Crippen molar-refractivity contribution in [2.45, 2.75) is 13.8 Å². The number of rotatable bonds is 2. The Balaban J connectivity index is 1.55. The van der Waals surface area contributed by atoms with Gasteiger partial charge in [0.05, 0.1) is 0 Å². The first-order chi connectivity index (χ1) is 11.7. The van der Waals surface area contributed by atoms with Gasteiger partial charge in [0.2, 0.25) is 0 Å². The number of nitrogens with zero attached hydrogens (tertiary/aromatic N) is 5. The van der Waals surface area contributed by atoms with E-state index in [1.165, 1.54) is 10.8 Å². The van der Waals surface area contributed by atoms with E-state index in [0.717, 1.165) is 49.3 Å². The Morgan fingerprint density at radius 1 is 0.875 bits per heavy atom. The smallest absolute Gasteiger partial charge is 0.136 e. The highest BCUT2D eigenvalue weighted by Crippen LogP contribution is 2.25. The minimum absolute atomic E-state index is 0.836. The van der Waals surface area contributed by atoms with E-state index in [1.54, 1.807) is 0 Å². The maximum Gasteiger partial charge on any atom is 0.136 e.